The fraction of sp³-hybridized carbons (Fsp3) is 0.400. The first-order chi connectivity index (χ1) is 13.7. The van der Waals surface area contributed by atoms with Crippen LogP contribution in [-0.2, 0) is 35.1 Å². The highest BCUT2D eigenvalue weighted by Gasteiger charge is 2.43. The Labute approximate surface area is 167 Å². The molecule has 0 heterocycles. The number of methoxy groups -OCH3 is 1. The van der Waals surface area contributed by atoms with E-state index >= 15 is 0 Å². The number of carbonyl (C=O) groups is 4. The molecule has 2 atom stereocenters. The largest absolute Gasteiger partial charge is 0.504 e. The quantitative estimate of drug-likeness (QED) is 0.209. The van der Waals surface area contributed by atoms with Crippen LogP contribution in [0.5, 0.6) is 11.5 Å². The molecule has 3 N–H and O–H groups in total. The van der Waals surface area contributed by atoms with Crippen LogP contribution in [0.15, 0.2) is 29.8 Å². The van der Waals surface area contributed by atoms with Crippen molar-refractivity contribution in [1.82, 2.24) is 0 Å². The van der Waals surface area contributed by atoms with Crippen LogP contribution in [0.2, 0.25) is 0 Å². The Balaban J connectivity index is 2.87. The summed E-state index contributed by atoms with van der Waals surface area (Å²) in [6, 6.07) is 4.13. The number of hydrogen-bond acceptors (Lipinski definition) is 9. The summed E-state index contributed by atoms with van der Waals surface area (Å²) in [6.45, 7) is 1.32. The van der Waals surface area contributed by atoms with Crippen LogP contribution >= 0.6 is 0 Å². The van der Waals surface area contributed by atoms with Crippen LogP contribution in [0.1, 0.15) is 25.3 Å². The summed E-state index contributed by atoms with van der Waals surface area (Å²) in [4.78, 5) is 46.6. The molecule has 0 amide bonds. The fourth-order valence-electron chi connectivity index (χ4n) is 2.74. The molecular formula is C20H24O9. The zero-order valence-electron chi connectivity index (χ0n) is 16.2. The molecule has 1 aromatic carbocycles. The Morgan fingerprint density at radius 3 is 2.38 bits per heavy atom. The molecule has 0 fully saturated rings. The van der Waals surface area contributed by atoms with Gasteiger partial charge in [-0.1, -0.05) is 12.1 Å². The van der Waals surface area contributed by atoms with E-state index in [-0.39, 0.29) is 36.4 Å². The van der Waals surface area contributed by atoms with Gasteiger partial charge in [0.2, 0.25) is 0 Å². The summed E-state index contributed by atoms with van der Waals surface area (Å²) in [5, 5.41) is 29.7. The van der Waals surface area contributed by atoms with E-state index in [2.05, 4.69) is 4.74 Å². The van der Waals surface area contributed by atoms with Crippen molar-refractivity contribution in [2.45, 2.75) is 31.8 Å². The minimum Gasteiger partial charge on any atom is -0.504 e. The number of allylic oxidation sites excluding steroid dienone is 1. The third-order valence-electron chi connectivity index (χ3n) is 4.44. The molecule has 0 aliphatic heterocycles. The minimum atomic E-state index is -2.24. The molecule has 0 aliphatic rings. The number of benzene rings is 1. The molecule has 0 bridgehead atoms. The van der Waals surface area contributed by atoms with Crippen molar-refractivity contribution in [3.63, 3.8) is 0 Å². The summed E-state index contributed by atoms with van der Waals surface area (Å²) < 4.78 is 9.55. The number of hydrogen-bond donors (Lipinski definition) is 3. The van der Waals surface area contributed by atoms with Crippen LogP contribution in [0, 0.1) is 5.92 Å². The van der Waals surface area contributed by atoms with Crippen LogP contribution in [0.25, 0.3) is 0 Å². The number of aromatic hydroxyl groups is 2. The van der Waals surface area contributed by atoms with Gasteiger partial charge in [-0.15, -0.1) is 0 Å². The van der Waals surface area contributed by atoms with E-state index in [4.69, 9.17) is 4.74 Å². The van der Waals surface area contributed by atoms with Crippen molar-refractivity contribution < 1.29 is 44.0 Å². The Bertz CT molecular complexity index is 784. The molecular weight excluding hydrogens is 384 g/mol. The lowest BCUT2D eigenvalue weighted by Gasteiger charge is -2.32. The van der Waals surface area contributed by atoms with E-state index in [1.165, 1.54) is 31.2 Å². The molecule has 0 spiro atoms. The third-order valence-corrected chi connectivity index (χ3v) is 4.44. The van der Waals surface area contributed by atoms with Gasteiger partial charge in [0.05, 0.1) is 32.5 Å². The van der Waals surface area contributed by atoms with Gasteiger partial charge >= 0.3 is 11.9 Å². The predicted octanol–water partition coefficient (Wildman–Crippen LogP) is 0.828. The van der Waals surface area contributed by atoms with Crippen molar-refractivity contribution in [3.05, 3.63) is 35.4 Å². The number of phenolic OH excluding ortho intramolecular Hbond substituents is 2. The van der Waals surface area contributed by atoms with Gasteiger partial charge < -0.3 is 29.6 Å². The Morgan fingerprint density at radius 2 is 1.86 bits per heavy atom. The zero-order valence-corrected chi connectivity index (χ0v) is 16.2. The van der Waals surface area contributed by atoms with Gasteiger partial charge in [-0.05, 0) is 24.6 Å². The summed E-state index contributed by atoms with van der Waals surface area (Å²) >= 11 is 0. The molecule has 9 nitrogen and oxygen atoms in total. The first-order valence-corrected chi connectivity index (χ1v) is 8.74. The van der Waals surface area contributed by atoms with Crippen LogP contribution in [-0.4, -0.2) is 59.1 Å². The SMILES string of the molecule is C/C=C(/C=O)[C@](O)(CC(=O)OCCc1ccc(O)c(O)c1)C(C=O)CC(=O)OC. The number of rotatable bonds is 11. The van der Waals surface area contributed by atoms with Crippen LogP contribution < -0.4 is 0 Å². The van der Waals surface area contributed by atoms with Gasteiger partial charge in [0, 0.05) is 12.0 Å². The molecule has 9 heteroatoms. The lowest BCUT2D eigenvalue weighted by Crippen LogP contribution is -2.45. The Hall–Kier alpha value is -3.20. The number of esters is 2. The zero-order chi connectivity index (χ0) is 22.0. The third kappa shape index (κ3) is 6.42. The molecule has 158 valence electrons. The summed E-state index contributed by atoms with van der Waals surface area (Å²) in [5.41, 5.74) is -1.89. The minimum absolute atomic E-state index is 0.117. The van der Waals surface area contributed by atoms with Crippen molar-refractivity contribution >= 4 is 24.5 Å². The monoisotopic (exact) mass is 408 g/mol. The maximum atomic E-state index is 12.2. The van der Waals surface area contributed by atoms with E-state index in [0.29, 0.717) is 11.8 Å². The van der Waals surface area contributed by atoms with E-state index in [1.54, 1.807) is 0 Å². The standard InChI is InChI=1S/C20H24O9/c1-3-14(11-21)20(27,15(12-22)9-18(25)28-2)10-19(26)29-7-6-13-4-5-16(23)17(24)8-13/h3-5,8,11-12,15,23-24,27H,6-7,9-10H2,1-2H3/b14-3-/t15?,20-/m1/s1. The molecule has 1 unspecified atom stereocenters. The highest BCUT2D eigenvalue weighted by Crippen LogP contribution is 2.31. The fourth-order valence-corrected chi connectivity index (χ4v) is 2.74. The average Bonchev–Trinajstić information content (AvgIpc) is 2.69. The first kappa shape index (κ1) is 23.8. The maximum Gasteiger partial charge on any atom is 0.309 e. The molecule has 0 saturated heterocycles. The van der Waals surface area contributed by atoms with E-state index in [9.17, 15) is 34.5 Å². The van der Waals surface area contributed by atoms with E-state index < -0.39 is 36.3 Å². The van der Waals surface area contributed by atoms with E-state index in [0.717, 1.165) is 7.11 Å². The van der Waals surface area contributed by atoms with Gasteiger partial charge in [0.1, 0.15) is 18.2 Å². The topological polar surface area (TPSA) is 147 Å². The number of aldehydes is 2. The van der Waals surface area contributed by atoms with Gasteiger partial charge in [-0.3, -0.25) is 14.4 Å². The predicted molar refractivity (Wildman–Crippen MR) is 100 cm³/mol. The van der Waals surface area contributed by atoms with Gasteiger partial charge in [-0.2, -0.15) is 0 Å². The van der Waals surface area contributed by atoms with Crippen molar-refractivity contribution in [1.29, 1.82) is 0 Å². The second-order valence-electron chi connectivity index (χ2n) is 6.28. The summed E-state index contributed by atoms with van der Waals surface area (Å²) in [7, 11) is 1.11. The van der Waals surface area contributed by atoms with Crippen molar-refractivity contribution in [2.75, 3.05) is 13.7 Å². The van der Waals surface area contributed by atoms with E-state index in [1.807, 2.05) is 0 Å². The highest BCUT2D eigenvalue weighted by molar-refractivity contribution is 5.84. The molecule has 0 radical (unpaired) electrons. The number of carbonyl (C=O) groups excluding carboxylic acids is 4. The molecule has 1 aromatic rings. The smallest absolute Gasteiger partial charge is 0.309 e. The molecule has 0 aromatic heterocycles. The normalized spacial score (nSPS) is 14.4. The van der Waals surface area contributed by atoms with Gasteiger partial charge in [-0.25, -0.2) is 0 Å². The number of aliphatic hydroxyl groups is 1. The van der Waals surface area contributed by atoms with Crippen LogP contribution in [0.4, 0.5) is 0 Å². The lowest BCUT2D eigenvalue weighted by atomic mass is 9.77. The summed E-state index contributed by atoms with van der Waals surface area (Å²) in [6.07, 6.45) is 0.791. The Kier molecular flexibility index (Phi) is 9.01. The highest BCUT2D eigenvalue weighted by atomic mass is 16.5. The maximum absolute atomic E-state index is 12.2. The van der Waals surface area contributed by atoms with Crippen molar-refractivity contribution in [3.8, 4) is 11.5 Å². The van der Waals surface area contributed by atoms with Gasteiger partial charge in [0.15, 0.2) is 11.5 Å². The van der Waals surface area contributed by atoms with Crippen molar-refractivity contribution in [2.24, 2.45) is 5.92 Å². The second kappa shape index (κ2) is 11.0. The average molecular weight is 408 g/mol. The number of phenols is 2. The Morgan fingerprint density at radius 1 is 1.17 bits per heavy atom. The second-order valence-corrected chi connectivity index (χ2v) is 6.28. The summed E-state index contributed by atoms with van der Waals surface area (Å²) in [5.74, 6) is -3.68. The van der Waals surface area contributed by atoms with Crippen LogP contribution in [0.3, 0.4) is 0 Å². The number of ether oxygens (including phenoxy) is 2. The lowest BCUT2D eigenvalue weighted by molar-refractivity contribution is -0.154. The molecule has 0 saturated carbocycles. The molecule has 29 heavy (non-hydrogen) atoms. The molecule has 0 aliphatic carbocycles. The first-order valence-electron chi connectivity index (χ1n) is 8.74. The molecule has 1 rings (SSSR count). The van der Waals surface area contributed by atoms with Gasteiger partial charge in [0.25, 0.3) is 0 Å².